The molecule has 0 unspecified atom stereocenters. The minimum Gasteiger partial charge on any atom is -0.462 e. The van der Waals surface area contributed by atoms with Gasteiger partial charge in [-0.05, 0) is 61.7 Å². The summed E-state index contributed by atoms with van der Waals surface area (Å²) in [6.45, 7) is 6.00. The highest BCUT2D eigenvalue weighted by molar-refractivity contribution is 6.30. The number of rotatable bonds is 6. The van der Waals surface area contributed by atoms with Crippen molar-refractivity contribution >= 4 is 46.2 Å². The van der Waals surface area contributed by atoms with Gasteiger partial charge in [-0.2, -0.15) is 4.99 Å². The minimum atomic E-state index is -0.675. The van der Waals surface area contributed by atoms with Crippen molar-refractivity contribution in [2.24, 2.45) is 4.99 Å². The first-order chi connectivity index (χ1) is 17.3. The molecule has 0 aliphatic rings. The molecule has 3 heterocycles. The maximum absolute atomic E-state index is 13.4. The molecule has 0 saturated heterocycles. The van der Waals surface area contributed by atoms with Crippen molar-refractivity contribution in [3.8, 4) is 0 Å². The molecule has 0 aliphatic carbocycles. The zero-order chi connectivity index (χ0) is 25.8. The van der Waals surface area contributed by atoms with E-state index >= 15 is 0 Å². The highest BCUT2D eigenvalue weighted by Gasteiger charge is 2.19. The number of benzene rings is 1. The highest BCUT2D eigenvalue weighted by Crippen LogP contribution is 2.14. The largest absolute Gasteiger partial charge is 0.462 e. The molecular weight excluding hydrogens is 480 g/mol. The fraction of sp³-hybridized carbons (Fsp3) is 0.222. The molecule has 0 spiro atoms. The number of aryl methyl sites for hydroxylation is 2. The van der Waals surface area contributed by atoms with Crippen LogP contribution in [0.3, 0.4) is 0 Å². The van der Waals surface area contributed by atoms with Gasteiger partial charge in [0, 0.05) is 23.8 Å². The van der Waals surface area contributed by atoms with E-state index in [9.17, 15) is 14.4 Å². The Balaban J connectivity index is 2.00. The Labute approximate surface area is 212 Å². The molecule has 36 heavy (non-hydrogen) atoms. The van der Waals surface area contributed by atoms with Crippen LogP contribution in [0.1, 0.15) is 41.8 Å². The van der Waals surface area contributed by atoms with Crippen molar-refractivity contribution in [1.82, 2.24) is 14.0 Å². The van der Waals surface area contributed by atoms with E-state index in [1.165, 1.54) is 16.5 Å². The van der Waals surface area contributed by atoms with Gasteiger partial charge in [0.25, 0.3) is 11.5 Å². The van der Waals surface area contributed by atoms with Gasteiger partial charge in [0.15, 0.2) is 5.49 Å². The summed E-state index contributed by atoms with van der Waals surface area (Å²) in [6, 6.07) is 12.0. The Morgan fingerprint density at radius 3 is 2.58 bits per heavy atom. The van der Waals surface area contributed by atoms with Crippen LogP contribution >= 0.6 is 11.6 Å². The molecule has 0 atom stereocenters. The number of aromatic nitrogens is 3. The molecule has 8 nitrogen and oxygen atoms in total. The number of carbonyl (C=O) groups excluding carboxylic acids is 2. The number of hydrogen-bond donors (Lipinski definition) is 0. The number of nitrogens with zero attached hydrogens (tertiary/aromatic N) is 4. The quantitative estimate of drug-likeness (QED) is 0.221. The number of fused-ring (bicyclic) bond motifs is 2. The van der Waals surface area contributed by atoms with Gasteiger partial charge in [-0.1, -0.05) is 36.7 Å². The first kappa shape index (κ1) is 25.1. The Morgan fingerprint density at radius 1 is 1.14 bits per heavy atom. The number of carbonyl (C=O) groups is 2. The number of pyridine rings is 2. The number of hydrogen-bond acceptors (Lipinski definition) is 5. The van der Waals surface area contributed by atoms with E-state index < -0.39 is 11.9 Å². The second-order valence-electron chi connectivity index (χ2n) is 8.13. The first-order valence-electron chi connectivity index (χ1n) is 11.6. The SMILES string of the molecule is CCCn1c(=NC(=O)/C=C/c2ccc(Cl)cc2)c(C(=O)OCC)cc2c(=O)n3cccc(C)c3nc21. The molecule has 4 aromatic rings. The van der Waals surface area contributed by atoms with Crippen LogP contribution in [0, 0.1) is 6.92 Å². The van der Waals surface area contributed by atoms with E-state index in [-0.39, 0.29) is 28.6 Å². The average molecular weight is 505 g/mol. The summed E-state index contributed by atoms with van der Waals surface area (Å²) in [5, 5.41) is 0.822. The molecular formula is C27H25ClN4O4. The summed E-state index contributed by atoms with van der Waals surface area (Å²) >= 11 is 5.92. The molecule has 9 heteroatoms. The van der Waals surface area contributed by atoms with Gasteiger partial charge in [0.2, 0.25) is 0 Å². The van der Waals surface area contributed by atoms with Crippen molar-refractivity contribution in [3.63, 3.8) is 0 Å². The van der Waals surface area contributed by atoms with E-state index in [1.54, 1.807) is 54.1 Å². The van der Waals surface area contributed by atoms with Crippen LogP contribution in [-0.4, -0.2) is 32.4 Å². The van der Waals surface area contributed by atoms with Gasteiger partial charge in [0.1, 0.15) is 16.9 Å². The molecule has 0 saturated carbocycles. The molecule has 1 amide bonds. The number of esters is 1. The lowest BCUT2D eigenvalue weighted by molar-refractivity contribution is -0.113. The third kappa shape index (κ3) is 4.99. The fourth-order valence-corrected chi connectivity index (χ4v) is 4.01. The van der Waals surface area contributed by atoms with Crippen LogP contribution < -0.4 is 11.0 Å². The molecule has 0 radical (unpaired) electrons. The van der Waals surface area contributed by atoms with Crippen molar-refractivity contribution in [2.75, 3.05) is 6.61 Å². The van der Waals surface area contributed by atoms with Crippen LogP contribution in [-0.2, 0) is 16.1 Å². The molecule has 3 aromatic heterocycles. The van der Waals surface area contributed by atoms with Crippen LogP contribution in [0.15, 0.2) is 64.5 Å². The highest BCUT2D eigenvalue weighted by atomic mass is 35.5. The molecule has 0 fully saturated rings. The van der Waals surface area contributed by atoms with Crippen molar-refractivity contribution < 1.29 is 14.3 Å². The number of amides is 1. The lowest BCUT2D eigenvalue weighted by atomic mass is 10.2. The summed E-state index contributed by atoms with van der Waals surface area (Å²) < 4.78 is 8.32. The fourth-order valence-electron chi connectivity index (χ4n) is 3.89. The summed E-state index contributed by atoms with van der Waals surface area (Å²) in [6.07, 6.45) is 5.21. The summed E-state index contributed by atoms with van der Waals surface area (Å²) in [5.74, 6) is -1.25. The normalized spacial score (nSPS) is 12.1. The minimum absolute atomic E-state index is 0.0255. The Hall–Kier alpha value is -4.04. The first-order valence-corrected chi connectivity index (χ1v) is 12.0. The topological polar surface area (TPSA) is 95.0 Å². The van der Waals surface area contributed by atoms with Gasteiger partial charge < -0.3 is 9.30 Å². The maximum Gasteiger partial charge on any atom is 0.341 e. The second-order valence-corrected chi connectivity index (χ2v) is 8.56. The van der Waals surface area contributed by atoms with Crippen molar-refractivity contribution in [3.05, 3.63) is 92.3 Å². The molecule has 1 aromatic carbocycles. The van der Waals surface area contributed by atoms with Gasteiger partial charge in [0.05, 0.1) is 12.0 Å². The lowest BCUT2D eigenvalue weighted by Crippen LogP contribution is -2.32. The van der Waals surface area contributed by atoms with Crippen LogP contribution in [0.5, 0.6) is 0 Å². The van der Waals surface area contributed by atoms with E-state index in [0.717, 1.165) is 11.1 Å². The van der Waals surface area contributed by atoms with Crippen molar-refractivity contribution in [2.45, 2.75) is 33.7 Å². The predicted octanol–water partition coefficient (Wildman–Crippen LogP) is 4.34. The van der Waals surface area contributed by atoms with E-state index in [2.05, 4.69) is 4.99 Å². The van der Waals surface area contributed by atoms with Gasteiger partial charge in [-0.3, -0.25) is 14.0 Å². The van der Waals surface area contributed by atoms with Gasteiger partial charge >= 0.3 is 5.97 Å². The third-order valence-electron chi connectivity index (χ3n) is 5.55. The van der Waals surface area contributed by atoms with Gasteiger partial charge in [-0.25, -0.2) is 9.78 Å². The second kappa shape index (κ2) is 10.7. The van der Waals surface area contributed by atoms with Crippen LogP contribution in [0.2, 0.25) is 5.02 Å². The van der Waals surface area contributed by atoms with Gasteiger partial charge in [-0.15, -0.1) is 0 Å². The number of halogens is 1. The predicted molar refractivity (Wildman–Crippen MR) is 139 cm³/mol. The Bertz CT molecular complexity index is 1630. The number of ether oxygens (including phenoxy) is 1. The van der Waals surface area contributed by atoms with Crippen LogP contribution in [0.25, 0.3) is 22.8 Å². The monoisotopic (exact) mass is 504 g/mol. The van der Waals surface area contributed by atoms with E-state index in [0.29, 0.717) is 29.3 Å². The van der Waals surface area contributed by atoms with Crippen LogP contribution in [0.4, 0.5) is 0 Å². The Kier molecular flexibility index (Phi) is 7.45. The smallest absolute Gasteiger partial charge is 0.341 e. The standard InChI is InChI=1S/C27H25ClN4O4/c1-4-14-31-24-20(26(34)32-15-6-7-17(3)23(32)30-24)16-21(27(35)36-5-2)25(31)29-22(33)13-10-18-8-11-19(28)12-9-18/h6-13,15-16H,4-5,14H2,1-3H3/b13-10+,29-25?. The van der Waals surface area contributed by atoms with E-state index in [4.69, 9.17) is 21.3 Å². The zero-order valence-corrected chi connectivity index (χ0v) is 21.0. The molecule has 0 bridgehead atoms. The molecule has 0 aliphatic heterocycles. The van der Waals surface area contributed by atoms with Crippen molar-refractivity contribution in [1.29, 1.82) is 0 Å². The zero-order valence-electron chi connectivity index (χ0n) is 20.2. The molecule has 184 valence electrons. The lowest BCUT2D eigenvalue weighted by Gasteiger charge is -2.14. The summed E-state index contributed by atoms with van der Waals surface area (Å²) in [5.41, 5.74) is 2.21. The third-order valence-corrected chi connectivity index (χ3v) is 5.80. The average Bonchev–Trinajstić information content (AvgIpc) is 2.86. The Morgan fingerprint density at radius 2 is 1.89 bits per heavy atom. The van der Waals surface area contributed by atoms with E-state index in [1.807, 2.05) is 19.9 Å². The maximum atomic E-state index is 13.4. The summed E-state index contributed by atoms with van der Waals surface area (Å²) in [7, 11) is 0. The summed E-state index contributed by atoms with van der Waals surface area (Å²) in [4.78, 5) is 48.2. The molecule has 4 rings (SSSR count). The molecule has 0 N–H and O–H groups in total.